The first kappa shape index (κ1) is 18.2. The van der Waals surface area contributed by atoms with E-state index in [2.05, 4.69) is 35.4 Å². The number of nitrogens with zero attached hydrogens (tertiary/aromatic N) is 5. The lowest BCUT2D eigenvalue weighted by Gasteiger charge is -2.34. The first-order valence-electron chi connectivity index (χ1n) is 9.06. The van der Waals surface area contributed by atoms with Gasteiger partial charge in [0.2, 0.25) is 5.95 Å². The Morgan fingerprint density at radius 1 is 1.15 bits per heavy atom. The predicted octanol–water partition coefficient (Wildman–Crippen LogP) is 0.947. The maximum atomic E-state index is 5.31. The van der Waals surface area contributed by atoms with Gasteiger partial charge in [-0.15, -0.1) is 0 Å². The summed E-state index contributed by atoms with van der Waals surface area (Å²) < 4.78 is 5.31. The van der Waals surface area contributed by atoms with Gasteiger partial charge in [-0.25, -0.2) is 9.97 Å². The van der Waals surface area contributed by atoms with Crippen LogP contribution in [0.2, 0.25) is 0 Å². The lowest BCUT2D eigenvalue weighted by Crippen LogP contribution is -2.47. The first-order chi connectivity index (χ1) is 12.8. The summed E-state index contributed by atoms with van der Waals surface area (Å²) in [5.74, 6) is 2.53. The lowest BCUT2D eigenvalue weighted by atomic mass is 10.3. The van der Waals surface area contributed by atoms with Crippen LogP contribution in [0.5, 0.6) is 0 Å². The Hall–Kier alpha value is -2.61. The SMILES string of the molecule is CN=C(NCCCN1CCN(c2ncccn2)CC1)NCc1ccco1. The molecule has 0 aromatic carbocycles. The van der Waals surface area contributed by atoms with Crippen LogP contribution < -0.4 is 15.5 Å². The molecule has 0 amide bonds. The van der Waals surface area contributed by atoms with Gasteiger partial charge in [0.1, 0.15) is 5.76 Å². The molecule has 0 aliphatic carbocycles. The molecule has 3 rings (SSSR count). The Balaban J connectivity index is 1.29. The third-order valence-corrected chi connectivity index (χ3v) is 4.38. The molecule has 140 valence electrons. The van der Waals surface area contributed by atoms with Crippen LogP contribution in [0.15, 0.2) is 46.3 Å². The molecule has 2 N–H and O–H groups in total. The van der Waals surface area contributed by atoms with Gasteiger partial charge in [-0.2, -0.15) is 0 Å². The molecule has 0 atom stereocenters. The van der Waals surface area contributed by atoms with Gasteiger partial charge in [0.15, 0.2) is 5.96 Å². The van der Waals surface area contributed by atoms with Crippen LogP contribution in [0, 0.1) is 0 Å². The molecular formula is C18H27N7O. The van der Waals surface area contributed by atoms with Gasteiger partial charge in [-0.1, -0.05) is 0 Å². The Labute approximate surface area is 154 Å². The summed E-state index contributed by atoms with van der Waals surface area (Å²) in [6.45, 7) is 6.64. The minimum absolute atomic E-state index is 0.635. The van der Waals surface area contributed by atoms with Gasteiger partial charge in [0.25, 0.3) is 0 Å². The summed E-state index contributed by atoms with van der Waals surface area (Å²) in [4.78, 5) is 17.6. The Kier molecular flexibility index (Phi) is 6.83. The molecule has 1 aliphatic heterocycles. The highest BCUT2D eigenvalue weighted by atomic mass is 16.3. The van der Waals surface area contributed by atoms with E-state index < -0.39 is 0 Å². The molecule has 3 heterocycles. The second-order valence-electron chi connectivity index (χ2n) is 6.16. The highest BCUT2D eigenvalue weighted by molar-refractivity contribution is 5.79. The molecule has 1 saturated heterocycles. The second kappa shape index (κ2) is 9.76. The van der Waals surface area contributed by atoms with Crippen molar-refractivity contribution in [2.24, 2.45) is 4.99 Å². The van der Waals surface area contributed by atoms with Crippen LogP contribution in [0.25, 0.3) is 0 Å². The van der Waals surface area contributed by atoms with Gasteiger partial charge >= 0.3 is 0 Å². The molecule has 1 fully saturated rings. The van der Waals surface area contributed by atoms with Crippen molar-refractivity contribution in [3.63, 3.8) is 0 Å². The summed E-state index contributed by atoms with van der Waals surface area (Å²) in [5, 5.41) is 6.59. The molecule has 1 aliphatic rings. The largest absolute Gasteiger partial charge is 0.467 e. The van der Waals surface area contributed by atoms with Crippen molar-refractivity contribution in [1.29, 1.82) is 0 Å². The number of hydrogen-bond donors (Lipinski definition) is 2. The predicted molar refractivity (Wildman–Crippen MR) is 102 cm³/mol. The molecule has 2 aromatic rings. The zero-order valence-corrected chi connectivity index (χ0v) is 15.3. The quantitative estimate of drug-likeness (QED) is 0.434. The fourth-order valence-corrected chi connectivity index (χ4v) is 2.94. The van der Waals surface area contributed by atoms with Crippen LogP contribution in [-0.4, -0.2) is 67.1 Å². The topological polar surface area (TPSA) is 81.8 Å². The monoisotopic (exact) mass is 357 g/mol. The highest BCUT2D eigenvalue weighted by Gasteiger charge is 2.18. The van der Waals surface area contributed by atoms with Crippen molar-refractivity contribution < 1.29 is 4.42 Å². The maximum absolute atomic E-state index is 5.31. The molecule has 0 radical (unpaired) electrons. The third-order valence-electron chi connectivity index (χ3n) is 4.38. The zero-order valence-electron chi connectivity index (χ0n) is 15.3. The highest BCUT2D eigenvalue weighted by Crippen LogP contribution is 2.09. The van der Waals surface area contributed by atoms with Crippen molar-refractivity contribution >= 4 is 11.9 Å². The molecule has 0 unspecified atom stereocenters. The van der Waals surface area contributed by atoms with E-state index in [1.807, 2.05) is 18.2 Å². The number of furan rings is 1. The van der Waals surface area contributed by atoms with Crippen LogP contribution in [0.1, 0.15) is 12.2 Å². The van der Waals surface area contributed by atoms with Crippen molar-refractivity contribution in [2.45, 2.75) is 13.0 Å². The van der Waals surface area contributed by atoms with E-state index in [0.717, 1.165) is 63.4 Å². The van der Waals surface area contributed by atoms with E-state index in [1.165, 1.54) is 0 Å². The molecule has 2 aromatic heterocycles. The van der Waals surface area contributed by atoms with E-state index >= 15 is 0 Å². The van der Waals surface area contributed by atoms with Gasteiger partial charge in [0.05, 0.1) is 12.8 Å². The number of guanidine groups is 1. The summed E-state index contributed by atoms with van der Waals surface area (Å²) in [6.07, 6.45) is 6.35. The van der Waals surface area contributed by atoms with Crippen LogP contribution >= 0.6 is 0 Å². The Morgan fingerprint density at radius 3 is 2.65 bits per heavy atom. The lowest BCUT2D eigenvalue weighted by molar-refractivity contribution is 0.254. The standard InChI is InChI=1S/C18H27N7O/c1-19-17(23-15-16-5-2-14-26-16)20-8-4-9-24-10-12-25(13-11-24)18-21-6-3-7-22-18/h2-3,5-7,14H,4,8-13,15H2,1H3,(H2,19,20,23). The zero-order chi connectivity index (χ0) is 18.0. The number of piperazine rings is 1. The molecule has 0 spiro atoms. The van der Waals surface area contributed by atoms with Crippen LogP contribution in [0.3, 0.4) is 0 Å². The van der Waals surface area contributed by atoms with E-state index in [9.17, 15) is 0 Å². The fraction of sp³-hybridized carbons (Fsp3) is 0.500. The van der Waals surface area contributed by atoms with E-state index in [1.54, 1.807) is 25.7 Å². The van der Waals surface area contributed by atoms with Gasteiger partial charge < -0.3 is 20.0 Å². The number of anilines is 1. The molecular weight excluding hydrogens is 330 g/mol. The number of hydrogen-bond acceptors (Lipinski definition) is 6. The van der Waals surface area contributed by atoms with Gasteiger partial charge in [0, 0.05) is 52.2 Å². The summed E-state index contributed by atoms with van der Waals surface area (Å²) in [7, 11) is 1.78. The van der Waals surface area contributed by atoms with E-state index in [0.29, 0.717) is 6.54 Å². The number of rotatable bonds is 7. The molecule has 8 heteroatoms. The maximum Gasteiger partial charge on any atom is 0.225 e. The minimum atomic E-state index is 0.635. The summed E-state index contributed by atoms with van der Waals surface area (Å²) >= 11 is 0. The van der Waals surface area contributed by atoms with Gasteiger partial charge in [-0.05, 0) is 31.2 Å². The van der Waals surface area contributed by atoms with Gasteiger partial charge in [-0.3, -0.25) is 9.89 Å². The second-order valence-corrected chi connectivity index (χ2v) is 6.16. The Bertz CT molecular complexity index is 651. The summed E-state index contributed by atoms with van der Waals surface area (Å²) in [5.41, 5.74) is 0. The van der Waals surface area contributed by atoms with Crippen LogP contribution in [0.4, 0.5) is 5.95 Å². The van der Waals surface area contributed by atoms with Crippen molar-refractivity contribution in [3.05, 3.63) is 42.6 Å². The van der Waals surface area contributed by atoms with Crippen molar-refractivity contribution in [3.8, 4) is 0 Å². The van der Waals surface area contributed by atoms with E-state index in [4.69, 9.17) is 4.42 Å². The molecule has 0 saturated carbocycles. The molecule has 0 bridgehead atoms. The average molecular weight is 357 g/mol. The van der Waals surface area contributed by atoms with E-state index in [-0.39, 0.29) is 0 Å². The molecule has 26 heavy (non-hydrogen) atoms. The van der Waals surface area contributed by atoms with Crippen LogP contribution in [-0.2, 0) is 6.54 Å². The number of aromatic nitrogens is 2. The number of aliphatic imine (C=N–C) groups is 1. The summed E-state index contributed by atoms with van der Waals surface area (Å²) in [6, 6.07) is 5.68. The molecule has 8 nitrogen and oxygen atoms in total. The fourth-order valence-electron chi connectivity index (χ4n) is 2.94. The minimum Gasteiger partial charge on any atom is -0.467 e. The number of nitrogens with one attached hydrogen (secondary N) is 2. The van der Waals surface area contributed by atoms with Crippen molar-refractivity contribution in [1.82, 2.24) is 25.5 Å². The normalized spacial score (nSPS) is 15.9. The average Bonchev–Trinajstić information content (AvgIpc) is 3.22. The third kappa shape index (κ3) is 5.45. The smallest absolute Gasteiger partial charge is 0.225 e. The van der Waals surface area contributed by atoms with Crippen molar-refractivity contribution in [2.75, 3.05) is 51.2 Å². The first-order valence-corrected chi connectivity index (χ1v) is 9.06. The Morgan fingerprint density at radius 2 is 1.96 bits per heavy atom.